The summed E-state index contributed by atoms with van der Waals surface area (Å²) in [5.41, 5.74) is 4.19. The van der Waals surface area contributed by atoms with Crippen molar-refractivity contribution in [3.8, 4) is 0 Å². The van der Waals surface area contributed by atoms with Crippen molar-refractivity contribution in [2.45, 2.75) is 46.3 Å². The molecule has 1 rings (SSSR count). The standard InChI is InChI=1S/C15H24N2O2/c1-11(2)8-12(3)19-10-14-6-4-13(5-7-14)9-15(18)17-16/h4-7,11-12H,8-10,16H2,1-3H3,(H,17,18). The minimum Gasteiger partial charge on any atom is -0.374 e. The van der Waals surface area contributed by atoms with Gasteiger partial charge in [0.15, 0.2) is 0 Å². The van der Waals surface area contributed by atoms with Crippen LogP contribution in [0.15, 0.2) is 24.3 Å². The van der Waals surface area contributed by atoms with Crippen LogP contribution >= 0.6 is 0 Å². The van der Waals surface area contributed by atoms with E-state index in [1.165, 1.54) is 0 Å². The van der Waals surface area contributed by atoms with E-state index in [2.05, 4.69) is 26.2 Å². The van der Waals surface area contributed by atoms with Crippen molar-refractivity contribution >= 4 is 5.91 Å². The number of nitrogens with two attached hydrogens (primary N) is 1. The van der Waals surface area contributed by atoms with Crippen LogP contribution in [0, 0.1) is 5.92 Å². The summed E-state index contributed by atoms with van der Waals surface area (Å²) < 4.78 is 5.78. The lowest BCUT2D eigenvalue weighted by atomic mass is 10.1. The molecule has 19 heavy (non-hydrogen) atoms. The second kappa shape index (κ2) is 7.92. The van der Waals surface area contributed by atoms with Crippen LogP contribution < -0.4 is 11.3 Å². The van der Waals surface area contributed by atoms with Crippen molar-refractivity contribution < 1.29 is 9.53 Å². The monoisotopic (exact) mass is 264 g/mol. The van der Waals surface area contributed by atoms with Gasteiger partial charge in [-0.1, -0.05) is 38.1 Å². The molecule has 1 aromatic rings. The highest BCUT2D eigenvalue weighted by atomic mass is 16.5. The van der Waals surface area contributed by atoms with E-state index in [1.807, 2.05) is 24.3 Å². The van der Waals surface area contributed by atoms with Crippen LogP contribution in [0.4, 0.5) is 0 Å². The molecular weight excluding hydrogens is 240 g/mol. The molecule has 106 valence electrons. The first-order valence-corrected chi connectivity index (χ1v) is 6.70. The highest BCUT2D eigenvalue weighted by Crippen LogP contribution is 2.11. The smallest absolute Gasteiger partial charge is 0.238 e. The number of amides is 1. The molecule has 0 aromatic heterocycles. The summed E-state index contributed by atoms with van der Waals surface area (Å²) >= 11 is 0. The van der Waals surface area contributed by atoms with Gasteiger partial charge in [-0.2, -0.15) is 0 Å². The molecule has 0 aliphatic carbocycles. The van der Waals surface area contributed by atoms with Crippen LogP contribution in [0.25, 0.3) is 0 Å². The molecule has 4 nitrogen and oxygen atoms in total. The lowest BCUT2D eigenvalue weighted by Gasteiger charge is -2.15. The molecule has 1 aromatic carbocycles. The quantitative estimate of drug-likeness (QED) is 0.450. The summed E-state index contributed by atoms with van der Waals surface area (Å²) in [6.07, 6.45) is 1.64. The summed E-state index contributed by atoms with van der Waals surface area (Å²) in [6, 6.07) is 7.84. The molecule has 0 heterocycles. The molecule has 0 aliphatic rings. The van der Waals surface area contributed by atoms with Gasteiger partial charge < -0.3 is 4.74 Å². The fourth-order valence-corrected chi connectivity index (χ4v) is 1.96. The molecule has 3 N–H and O–H groups in total. The molecule has 0 fully saturated rings. The number of benzene rings is 1. The molecule has 0 saturated heterocycles. The van der Waals surface area contributed by atoms with Gasteiger partial charge in [-0.3, -0.25) is 10.2 Å². The lowest BCUT2D eigenvalue weighted by molar-refractivity contribution is -0.120. The maximum absolute atomic E-state index is 11.1. The predicted octanol–water partition coefficient (Wildman–Crippen LogP) is 2.17. The van der Waals surface area contributed by atoms with Crippen molar-refractivity contribution in [3.05, 3.63) is 35.4 Å². The Labute approximate surface area is 115 Å². The van der Waals surface area contributed by atoms with E-state index in [0.29, 0.717) is 18.9 Å². The van der Waals surface area contributed by atoms with Gasteiger partial charge in [-0.15, -0.1) is 0 Å². The van der Waals surface area contributed by atoms with E-state index in [1.54, 1.807) is 0 Å². The van der Waals surface area contributed by atoms with Crippen molar-refractivity contribution in [2.75, 3.05) is 0 Å². The Balaban J connectivity index is 2.42. The molecule has 0 aliphatic heterocycles. The summed E-state index contributed by atoms with van der Waals surface area (Å²) in [6.45, 7) is 7.09. The topological polar surface area (TPSA) is 64.3 Å². The minimum atomic E-state index is -0.186. The molecule has 1 atom stereocenters. The first-order valence-electron chi connectivity index (χ1n) is 6.70. The van der Waals surface area contributed by atoms with E-state index in [9.17, 15) is 4.79 Å². The Morgan fingerprint density at radius 3 is 2.32 bits per heavy atom. The van der Waals surface area contributed by atoms with Gasteiger partial charge in [0.05, 0.1) is 19.1 Å². The summed E-state index contributed by atoms with van der Waals surface area (Å²) in [5, 5.41) is 0. The maximum atomic E-state index is 11.1. The van der Waals surface area contributed by atoms with Gasteiger partial charge in [0, 0.05) is 0 Å². The summed E-state index contributed by atoms with van der Waals surface area (Å²) in [4.78, 5) is 11.1. The van der Waals surface area contributed by atoms with E-state index < -0.39 is 0 Å². The normalized spacial score (nSPS) is 12.5. The molecule has 1 amide bonds. The Morgan fingerprint density at radius 2 is 1.79 bits per heavy atom. The van der Waals surface area contributed by atoms with Crippen molar-refractivity contribution in [3.63, 3.8) is 0 Å². The Bertz CT molecular complexity index is 388. The molecule has 0 bridgehead atoms. The zero-order valence-electron chi connectivity index (χ0n) is 12.0. The molecule has 1 unspecified atom stereocenters. The average molecular weight is 264 g/mol. The zero-order chi connectivity index (χ0) is 14.3. The van der Waals surface area contributed by atoms with Crippen LogP contribution in [0.3, 0.4) is 0 Å². The molecule has 4 heteroatoms. The zero-order valence-corrected chi connectivity index (χ0v) is 12.0. The minimum absolute atomic E-state index is 0.186. The van der Waals surface area contributed by atoms with Crippen LogP contribution in [0.2, 0.25) is 0 Å². The van der Waals surface area contributed by atoms with E-state index >= 15 is 0 Å². The van der Waals surface area contributed by atoms with Gasteiger partial charge >= 0.3 is 0 Å². The fourth-order valence-electron chi connectivity index (χ4n) is 1.96. The predicted molar refractivity (Wildman–Crippen MR) is 76.2 cm³/mol. The number of hydrogen-bond donors (Lipinski definition) is 2. The molecular formula is C15H24N2O2. The first-order chi connectivity index (χ1) is 9.01. The Kier molecular flexibility index (Phi) is 6.53. The maximum Gasteiger partial charge on any atom is 0.238 e. The Hall–Kier alpha value is -1.39. The third-order valence-corrected chi connectivity index (χ3v) is 2.89. The molecule has 0 spiro atoms. The summed E-state index contributed by atoms with van der Waals surface area (Å²) in [7, 11) is 0. The molecule has 0 radical (unpaired) electrons. The number of carbonyl (C=O) groups excluding carboxylic acids is 1. The van der Waals surface area contributed by atoms with Gasteiger partial charge in [0.25, 0.3) is 0 Å². The second-order valence-electron chi connectivity index (χ2n) is 5.31. The third-order valence-electron chi connectivity index (χ3n) is 2.89. The third kappa shape index (κ3) is 6.36. The number of hydrazine groups is 1. The van der Waals surface area contributed by atoms with E-state index in [0.717, 1.165) is 17.5 Å². The number of ether oxygens (including phenoxy) is 1. The van der Waals surface area contributed by atoms with Crippen LogP contribution in [0.1, 0.15) is 38.3 Å². The van der Waals surface area contributed by atoms with Crippen molar-refractivity contribution in [1.82, 2.24) is 5.43 Å². The highest BCUT2D eigenvalue weighted by Gasteiger charge is 2.06. The second-order valence-corrected chi connectivity index (χ2v) is 5.31. The van der Waals surface area contributed by atoms with Gasteiger partial charge in [0.1, 0.15) is 0 Å². The SMILES string of the molecule is CC(C)CC(C)OCc1ccc(CC(=O)NN)cc1. The van der Waals surface area contributed by atoms with Crippen LogP contribution in [0.5, 0.6) is 0 Å². The Morgan fingerprint density at radius 1 is 1.21 bits per heavy atom. The number of hydrogen-bond acceptors (Lipinski definition) is 3. The van der Waals surface area contributed by atoms with Crippen LogP contribution in [-0.4, -0.2) is 12.0 Å². The van der Waals surface area contributed by atoms with Crippen LogP contribution in [-0.2, 0) is 22.6 Å². The summed E-state index contributed by atoms with van der Waals surface area (Å²) in [5.74, 6) is 5.51. The average Bonchev–Trinajstić information content (AvgIpc) is 2.37. The van der Waals surface area contributed by atoms with E-state index in [-0.39, 0.29) is 12.0 Å². The van der Waals surface area contributed by atoms with Crippen molar-refractivity contribution in [2.24, 2.45) is 11.8 Å². The lowest BCUT2D eigenvalue weighted by Crippen LogP contribution is -2.31. The van der Waals surface area contributed by atoms with Gasteiger partial charge in [-0.05, 0) is 30.4 Å². The first kappa shape index (κ1) is 15.7. The number of carbonyl (C=O) groups is 1. The van der Waals surface area contributed by atoms with Gasteiger partial charge in [-0.25, -0.2) is 5.84 Å². The van der Waals surface area contributed by atoms with Gasteiger partial charge in [0.2, 0.25) is 5.91 Å². The highest BCUT2D eigenvalue weighted by molar-refractivity contribution is 5.77. The number of nitrogens with one attached hydrogen (secondary N) is 1. The number of rotatable bonds is 7. The van der Waals surface area contributed by atoms with E-state index in [4.69, 9.17) is 10.6 Å². The largest absolute Gasteiger partial charge is 0.374 e. The fraction of sp³-hybridized carbons (Fsp3) is 0.533. The van der Waals surface area contributed by atoms with Crippen molar-refractivity contribution in [1.29, 1.82) is 0 Å². The molecule has 0 saturated carbocycles.